The molecule has 1 unspecified atom stereocenters. The molecule has 122 valence electrons. The maximum Gasteiger partial charge on any atom is 0.191 e. The third-order valence-electron chi connectivity index (χ3n) is 4.29. The zero-order valence-electron chi connectivity index (χ0n) is 13.8. The molecule has 0 saturated carbocycles. The van der Waals surface area contributed by atoms with Gasteiger partial charge in [-0.3, -0.25) is 4.99 Å². The van der Waals surface area contributed by atoms with Gasteiger partial charge in [0.1, 0.15) is 0 Å². The van der Waals surface area contributed by atoms with E-state index >= 15 is 0 Å². The average molecular weight is 321 g/mol. The first kappa shape index (κ1) is 17.2. The Kier molecular flexibility index (Phi) is 6.58. The summed E-state index contributed by atoms with van der Waals surface area (Å²) in [7, 11) is 1.82. The first-order valence-corrected chi connectivity index (χ1v) is 9.06. The van der Waals surface area contributed by atoms with Crippen LogP contribution in [-0.2, 0) is 4.74 Å². The number of ether oxygens (including phenoxy) is 1. The van der Waals surface area contributed by atoms with E-state index < -0.39 is 0 Å². The number of aliphatic imine (C=N–C) groups is 1. The van der Waals surface area contributed by atoms with Gasteiger partial charge in [-0.1, -0.05) is 30.3 Å². The molecular weight excluding hydrogens is 294 g/mol. The summed E-state index contributed by atoms with van der Waals surface area (Å²) in [4.78, 5) is 4.36. The summed E-state index contributed by atoms with van der Waals surface area (Å²) in [5.74, 6) is 0.858. The van der Waals surface area contributed by atoms with Crippen molar-refractivity contribution in [3.8, 4) is 0 Å². The Balaban J connectivity index is 1.89. The molecule has 0 radical (unpaired) electrons. The summed E-state index contributed by atoms with van der Waals surface area (Å²) in [6.07, 6.45) is 4.37. The van der Waals surface area contributed by atoms with Gasteiger partial charge in [-0.2, -0.15) is 11.8 Å². The molecule has 4 nitrogen and oxygen atoms in total. The number of hydrogen-bond acceptors (Lipinski definition) is 3. The monoisotopic (exact) mass is 321 g/mol. The molecule has 0 spiro atoms. The fourth-order valence-electron chi connectivity index (χ4n) is 2.67. The Labute approximate surface area is 138 Å². The van der Waals surface area contributed by atoms with E-state index in [1.807, 2.05) is 24.9 Å². The number of benzene rings is 1. The molecule has 1 fully saturated rings. The minimum Gasteiger partial charge on any atom is -0.381 e. The molecule has 5 heteroatoms. The van der Waals surface area contributed by atoms with Crippen LogP contribution in [0.1, 0.15) is 31.4 Å². The minimum absolute atomic E-state index is 0.229. The van der Waals surface area contributed by atoms with E-state index in [0.29, 0.717) is 0 Å². The summed E-state index contributed by atoms with van der Waals surface area (Å²) in [6, 6.07) is 10.7. The minimum atomic E-state index is 0.229. The summed E-state index contributed by atoms with van der Waals surface area (Å²) in [5, 5.41) is 6.96. The van der Waals surface area contributed by atoms with Crippen LogP contribution in [0.15, 0.2) is 35.3 Å². The number of rotatable bonds is 5. The number of hydrogen-bond donors (Lipinski definition) is 2. The van der Waals surface area contributed by atoms with Gasteiger partial charge in [-0.15, -0.1) is 0 Å². The Morgan fingerprint density at radius 2 is 2.00 bits per heavy atom. The molecule has 1 atom stereocenters. The van der Waals surface area contributed by atoms with E-state index in [1.54, 1.807) is 0 Å². The number of nitrogens with zero attached hydrogens (tertiary/aromatic N) is 1. The Hall–Kier alpha value is -1.20. The van der Waals surface area contributed by atoms with E-state index in [2.05, 4.69) is 53.1 Å². The fourth-order valence-corrected chi connectivity index (χ4v) is 3.46. The van der Waals surface area contributed by atoms with Crippen LogP contribution in [0, 0.1) is 0 Å². The molecule has 1 heterocycles. The van der Waals surface area contributed by atoms with Crippen molar-refractivity contribution in [3.05, 3.63) is 35.9 Å². The fraction of sp³-hybridized carbons (Fsp3) is 0.588. The SMILES string of the molecule is CN=C(NCC1(SC)CCOCC1)NC(C)c1ccccc1. The molecule has 2 rings (SSSR count). The quantitative estimate of drug-likeness (QED) is 0.647. The van der Waals surface area contributed by atoms with Gasteiger partial charge in [0.25, 0.3) is 0 Å². The molecule has 2 N–H and O–H groups in total. The summed E-state index contributed by atoms with van der Waals surface area (Å²) in [5.41, 5.74) is 1.26. The van der Waals surface area contributed by atoms with E-state index in [-0.39, 0.29) is 10.8 Å². The second-order valence-corrected chi connectivity index (χ2v) is 6.98. The highest BCUT2D eigenvalue weighted by Crippen LogP contribution is 2.32. The molecular formula is C17H27N3OS. The lowest BCUT2D eigenvalue weighted by molar-refractivity contribution is 0.0782. The lowest BCUT2D eigenvalue weighted by Crippen LogP contribution is -2.48. The van der Waals surface area contributed by atoms with Gasteiger partial charge >= 0.3 is 0 Å². The van der Waals surface area contributed by atoms with Gasteiger partial charge < -0.3 is 15.4 Å². The van der Waals surface area contributed by atoms with Crippen LogP contribution >= 0.6 is 11.8 Å². The van der Waals surface area contributed by atoms with Crippen LogP contribution in [0.25, 0.3) is 0 Å². The van der Waals surface area contributed by atoms with E-state index in [0.717, 1.165) is 38.6 Å². The predicted molar refractivity (Wildman–Crippen MR) is 95.7 cm³/mol. The Morgan fingerprint density at radius 3 is 2.59 bits per heavy atom. The standard InChI is InChI=1S/C17H27N3OS/c1-14(15-7-5-4-6-8-15)20-16(18-2)19-13-17(22-3)9-11-21-12-10-17/h4-8,14H,9-13H2,1-3H3,(H2,18,19,20). The van der Waals surface area contributed by atoms with Crippen LogP contribution in [0.3, 0.4) is 0 Å². The third kappa shape index (κ3) is 4.65. The van der Waals surface area contributed by atoms with Crippen LogP contribution < -0.4 is 10.6 Å². The highest BCUT2D eigenvalue weighted by molar-refractivity contribution is 8.00. The van der Waals surface area contributed by atoms with Crippen molar-refractivity contribution >= 4 is 17.7 Å². The van der Waals surface area contributed by atoms with E-state index in [1.165, 1.54) is 5.56 Å². The molecule has 0 aliphatic carbocycles. The highest BCUT2D eigenvalue weighted by Gasteiger charge is 2.31. The lowest BCUT2D eigenvalue weighted by atomic mass is 9.99. The summed E-state index contributed by atoms with van der Waals surface area (Å²) in [6.45, 7) is 4.78. The molecule has 0 aromatic heterocycles. The largest absolute Gasteiger partial charge is 0.381 e. The second-order valence-electron chi connectivity index (χ2n) is 5.70. The first-order valence-electron chi connectivity index (χ1n) is 7.84. The van der Waals surface area contributed by atoms with Gasteiger partial charge in [0.05, 0.1) is 6.04 Å². The van der Waals surface area contributed by atoms with Crippen molar-refractivity contribution in [2.75, 3.05) is 33.1 Å². The van der Waals surface area contributed by atoms with Gasteiger partial charge in [0.2, 0.25) is 0 Å². The molecule has 22 heavy (non-hydrogen) atoms. The van der Waals surface area contributed by atoms with Crippen molar-refractivity contribution in [2.45, 2.75) is 30.6 Å². The summed E-state index contributed by atoms with van der Waals surface area (Å²) < 4.78 is 5.75. The Bertz CT molecular complexity index is 472. The van der Waals surface area contributed by atoms with Crippen LogP contribution in [-0.4, -0.2) is 43.8 Å². The van der Waals surface area contributed by atoms with Crippen LogP contribution in [0.2, 0.25) is 0 Å². The van der Waals surface area contributed by atoms with Crippen molar-refractivity contribution in [1.82, 2.24) is 10.6 Å². The highest BCUT2D eigenvalue weighted by atomic mass is 32.2. The van der Waals surface area contributed by atoms with Crippen molar-refractivity contribution in [3.63, 3.8) is 0 Å². The number of nitrogens with one attached hydrogen (secondary N) is 2. The van der Waals surface area contributed by atoms with Crippen molar-refractivity contribution in [1.29, 1.82) is 0 Å². The predicted octanol–water partition coefficient (Wildman–Crippen LogP) is 2.82. The molecule has 1 aromatic carbocycles. The number of guanidine groups is 1. The third-order valence-corrected chi connectivity index (χ3v) is 5.71. The van der Waals surface area contributed by atoms with Gasteiger partial charge in [-0.25, -0.2) is 0 Å². The normalized spacial score (nSPS) is 19.5. The molecule has 1 aliphatic rings. The van der Waals surface area contributed by atoms with Gasteiger partial charge in [-0.05, 0) is 31.6 Å². The topological polar surface area (TPSA) is 45.7 Å². The van der Waals surface area contributed by atoms with Crippen molar-refractivity contribution < 1.29 is 4.74 Å². The van der Waals surface area contributed by atoms with Gasteiger partial charge in [0, 0.05) is 31.6 Å². The smallest absolute Gasteiger partial charge is 0.191 e. The van der Waals surface area contributed by atoms with Crippen LogP contribution in [0.5, 0.6) is 0 Å². The molecule has 1 aromatic rings. The van der Waals surface area contributed by atoms with Gasteiger partial charge in [0.15, 0.2) is 5.96 Å². The molecule has 0 amide bonds. The average Bonchev–Trinajstić information content (AvgIpc) is 2.60. The van der Waals surface area contributed by atoms with E-state index in [4.69, 9.17) is 4.74 Å². The maximum atomic E-state index is 5.50. The molecule has 1 aliphatic heterocycles. The second kappa shape index (κ2) is 8.44. The zero-order chi connectivity index (χ0) is 15.8. The zero-order valence-corrected chi connectivity index (χ0v) is 14.6. The lowest BCUT2D eigenvalue weighted by Gasteiger charge is -2.36. The van der Waals surface area contributed by atoms with Crippen LogP contribution in [0.4, 0.5) is 0 Å². The van der Waals surface area contributed by atoms with E-state index in [9.17, 15) is 0 Å². The first-order chi connectivity index (χ1) is 10.7. The molecule has 0 bridgehead atoms. The summed E-state index contributed by atoms with van der Waals surface area (Å²) >= 11 is 1.94. The number of thioether (sulfide) groups is 1. The maximum absolute atomic E-state index is 5.50. The molecule has 1 saturated heterocycles. The van der Waals surface area contributed by atoms with Crippen molar-refractivity contribution in [2.24, 2.45) is 4.99 Å². The Morgan fingerprint density at radius 1 is 1.32 bits per heavy atom.